The number of rotatable bonds is 6. The lowest BCUT2D eigenvalue weighted by Crippen LogP contribution is -2.43. The summed E-state index contributed by atoms with van der Waals surface area (Å²) in [6.07, 6.45) is 2.02. The average Bonchev–Trinajstić information content (AvgIpc) is 3.04. The first kappa shape index (κ1) is 16.0. The van der Waals surface area contributed by atoms with Gasteiger partial charge in [-0.2, -0.15) is 0 Å². The molecule has 1 unspecified atom stereocenters. The van der Waals surface area contributed by atoms with Crippen LogP contribution in [0, 0.1) is 23.2 Å². The van der Waals surface area contributed by atoms with Crippen LogP contribution in [0.3, 0.4) is 0 Å². The predicted molar refractivity (Wildman–Crippen MR) is 76.5 cm³/mol. The molecule has 0 aliphatic heterocycles. The normalized spacial score (nSPS) is 17.2. The molecule has 0 bridgehead atoms. The van der Waals surface area contributed by atoms with Crippen LogP contribution in [-0.4, -0.2) is 24.9 Å². The first-order valence-electron chi connectivity index (χ1n) is 7.29. The van der Waals surface area contributed by atoms with Crippen molar-refractivity contribution in [2.75, 3.05) is 13.1 Å². The Morgan fingerprint density at radius 2 is 1.63 bits per heavy atom. The van der Waals surface area contributed by atoms with Crippen LogP contribution in [0.15, 0.2) is 0 Å². The van der Waals surface area contributed by atoms with Crippen LogP contribution in [0.25, 0.3) is 0 Å². The van der Waals surface area contributed by atoms with Crippen molar-refractivity contribution in [3.8, 4) is 0 Å². The summed E-state index contributed by atoms with van der Waals surface area (Å²) in [5, 5.41) is 5.78. The number of amides is 2. The highest BCUT2D eigenvalue weighted by Gasteiger charge is 2.33. The van der Waals surface area contributed by atoms with Crippen LogP contribution in [0.5, 0.6) is 0 Å². The maximum absolute atomic E-state index is 12.2. The Hall–Kier alpha value is -1.06. The Balaban J connectivity index is 2.30. The molecule has 0 aromatic carbocycles. The molecule has 0 heterocycles. The number of nitrogens with one attached hydrogen (secondary N) is 2. The van der Waals surface area contributed by atoms with Crippen molar-refractivity contribution in [1.29, 1.82) is 0 Å². The van der Waals surface area contributed by atoms with Crippen LogP contribution in [0.4, 0.5) is 0 Å². The number of carbonyl (C=O) groups excluding carboxylic acids is 2. The summed E-state index contributed by atoms with van der Waals surface area (Å²) in [5.41, 5.74) is -0.0461. The van der Waals surface area contributed by atoms with Gasteiger partial charge in [0.2, 0.25) is 11.8 Å². The Labute approximate surface area is 116 Å². The van der Waals surface area contributed by atoms with E-state index in [4.69, 9.17) is 0 Å². The second-order valence-corrected chi connectivity index (χ2v) is 6.94. The number of hydrogen-bond donors (Lipinski definition) is 2. The molecule has 4 heteroatoms. The van der Waals surface area contributed by atoms with Gasteiger partial charge in [0.05, 0.1) is 0 Å². The topological polar surface area (TPSA) is 58.2 Å². The molecule has 0 spiro atoms. The van der Waals surface area contributed by atoms with Gasteiger partial charge in [0.1, 0.15) is 0 Å². The van der Waals surface area contributed by atoms with E-state index < -0.39 is 0 Å². The third kappa shape index (κ3) is 5.21. The Bertz CT molecular complexity index is 328. The van der Waals surface area contributed by atoms with Gasteiger partial charge in [-0.1, -0.05) is 34.6 Å². The second-order valence-electron chi connectivity index (χ2n) is 6.94. The van der Waals surface area contributed by atoms with Gasteiger partial charge in [-0.25, -0.2) is 0 Å². The monoisotopic (exact) mass is 268 g/mol. The summed E-state index contributed by atoms with van der Waals surface area (Å²) in [7, 11) is 0. The summed E-state index contributed by atoms with van der Waals surface area (Å²) in [5.74, 6) is 0.745. The number of carbonyl (C=O) groups is 2. The highest BCUT2D eigenvalue weighted by Crippen LogP contribution is 2.32. The van der Waals surface area contributed by atoms with Gasteiger partial charge in [-0.15, -0.1) is 0 Å². The standard InChI is InChI=1S/C15H28N2O2/c1-10(2)12(15(3,4)5)14(19)17-9-8-16-13(18)11-6-7-11/h10-12H,6-9H2,1-5H3,(H,16,18)(H,17,19). The molecule has 2 amide bonds. The molecule has 1 saturated carbocycles. The molecule has 110 valence electrons. The third-order valence-electron chi connectivity index (χ3n) is 3.55. The van der Waals surface area contributed by atoms with Crippen LogP contribution in [0.1, 0.15) is 47.5 Å². The fraction of sp³-hybridized carbons (Fsp3) is 0.867. The third-order valence-corrected chi connectivity index (χ3v) is 3.55. The van der Waals surface area contributed by atoms with Crippen molar-refractivity contribution in [3.05, 3.63) is 0 Å². The second kappa shape index (κ2) is 6.40. The highest BCUT2D eigenvalue weighted by atomic mass is 16.2. The highest BCUT2D eigenvalue weighted by molar-refractivity contribution is 5.81. The van der Waals surface area contributed by atoms with E-state index in [1.807, 2.05) is 0 Å². The van der Waals surface area contributed by atoms with Gasteiger partial charge < -0.3 is 10.6 Å². The molecule has 1 aliphatic rings. The van der Waals surface area contributed by atoms with Crippen molar-refractivity contribution in [2.24, 2.45) is 23.2 Å². The van der Waals surface area contributed by atoms with Crippen molar-refractivity contribution in [1.82, 2.24) is 10.6 Å². The molecule has 1 fully saturated rings. The summed E-state index contributed by atoms with van der Waals surface area (Å²) < 4.78 is 0. The van der Waals surface area contributed by atoms with Crippen molar-refractivity contribution in [3.63, 3.8) is 0 Å². The molecule has 2 N–H and O–H groups in total. The van der Waals surface area contributed by atoms with Gasteiger partial charge in [0, 0.05) is 24.9 Å². The molecule has 0 aromatic rings. The summed E-state index contributed by atoms with van der Waals surface area (Å²) >= 11 is 0. The lowest BCUT2D eigenvalue weighted by atomic mass is 9.74. The molecule has 1 aliphatic carbocycles. The minimum absolute atomic E-state index is 0.00775. The quantitative estimate of drug-likeness (QED) is 0.723. The molecule has 0 saturated heterocycles. The molecule has 4 nitrogen and oxygen atoms in total. The first-order chi connectivity index (χ1) is 8.73. The van der Waals surface area contributed by atoms with Crippen LogP contribution in [-0.2, 0) is 9.59 Å². The van der Waals surface area contributed by atoms with Gasteiger partial charge >= 0.3 is 0 Å². The fourth-order valence-electron chi connectivity index (χ4n) is 2.67. The van der Waals surface area contributed by atoms with E-state index in [-0.39, 0.29) is 29.1 Å². The zero-order valence-corrected chi connectivity index (χ0v) is 12.9. The van der Waals surface area contributed by atoms with E-state index >= 15 is 0 Å². The summed E-state index contributed by atoms with van der Waals surface area (Å²) in [6, 6.07) is 0. The maximum atomic E-state index is 12.2. The van der Waals surface area contributed by atoms with Gasteiger partial charge in [0.25, 0.3) is 0 Å². The summed E-state index contributed by atoms with van der Waals surface area (Å²) in [6.45, 7) is 11.5. The molecule has 19 heavy (non-hydrogen) atoms. The van der Waals surface area contributed by atoms with Gasteiger partial charge in [-0.3, -0.25) is 9.59 Å². The average molecular weight is 268 g/mol. The predicted octanol–water partition coefficient (Wildman–Crippen LogP) is 1.95. The first-order valence-corrected chi connectivity index (χ1v) is 7.29. The molecular formula is C15H28N2O2. The Morgan fingerprint density at radius 3 is 2.05 bits per heavy atom. The maximum Gasteiger partial charge on any atom is 0.223 e. The minimum Gasteiger partial charge on any atom is -0.354 e. The van der Waals surface area contributed by atoms with Gasteiger partial charge in [-0.05, 0) is 24.2 Å². The number of hydrogen-bond acceptors (Lipinski definition) is 2. The van der Waals surface area contributed by atoms with Crippen molar-refractivity contribution in [2.45, 2.75) is 47.5 Å². The smallest absolute Gasteiger partial charge is 0.223 e. The fourth-order valence-corrected chi connectivity index (χ4v) is 2.67. The lowest BCUT2D eigenvalue weighted by Gasteiger charge is -2.32. The Morgan fingerprint density at radius 1 is 1.11 bits per heavy atom. The molecule has 1 rings (SSSR count). The van der Waals surface area contributed by atoms with Gasteiger partial charge in [0.15, 0.2) is 0 Å². The van der Waals surface area contributed by atoms with E-state index in [1.54, 1.807) is 0 Å². The van der Waals surface area contributed by atoms with E-state index in [1.165, 1.54) is 0 Å². The molecular weight excluding hydrogens is 240 g/mol. The van der Waals surface area contributed by atoms with Crippen LogP contribution >= 0.6 is 0 Å². The summed E-state index contributed by atoms with van der Waals surface area (Å²) in [4.78, 5) is 23.6. The molecule has 0 radical (unpaired) electrons. The zero-order chi connectivity index (χ0) is 14.6. The zero-order valence-electron chi connectivity index (χ0n) is 12.9. The van der Waals surface area contributed by atoms with E-state index in [2.05, 4.69) is 45.3 Å². The Kier molecular flexibility index (Phi) is 5.39. The minimum atomic E-state index is -0.0461. The van der Waals surface area contributed by atoms with E-state index in [0.29, 0.717) is 19.0 Å². The van der Waals surface area contributed by atoms with Crippen LogP contribution in [0.2, 0.25) is 0 Å². The SMILES string of the molecule is CC(C)C(C(=O)NCCNC(=O)C1CC1)C(C)(C)C. The van der Waals surface area contributed by atoms with E-state index in [9.17, 15) is 9.59 Å². The lowest BCUT2D eigenvalue weighted by molar-refractivity contribution is -0.130. The van der Waals surface area contributed by atoms with Crippen LogP contribution < -0.4 is 10.6 Å². The van der Waals surface area contributed by atoms with Crippen molar-refractivity contribution < 1.29 is 9.59 Å². The van der Waals surface area contributed by atoms with E-state index in [0.717, 1.165) is 12.8 Å². The molecule has 0 aromatic heterocycles. The molecule has 1 atom stereocenters. The largest absolute Gasteiger partial charge is 0.354 e. The van der Waals surface area contributed by atoms with Crippen molar-refractivity contribution >= 4 is 11.8 Å².